The lowest BCUT2D eigenvalue weighted by Gasteiger charge is -2.51. The Morgan fingerprint density at radius 3 is 2.37 bits per heavy atom. The summed E-state index contributed by atoms with van der Waals surface area (Å²) < 4.78 is 0. The Kier molecular flexibility index (Phi) is 5.30. The molecule has 2 nitrogen and oxygen atoms in total. The number of nitrogens with zero attached hydrogens (tertiary/aromatic N) is 1. The molecule has 2 rings (SSSR count). The molecule has 0 aromatic rings. The monoisotopic (exact) mass is 266 g/mol. The van der Waals surface area contributed by atoms with Crippen LogP contribution >= 0.6 is 0 Å². The van der Waals surface area contributed by atoms with Crippen LogP contribution in [0.15, 0.2) is 0 Å². The van der Waals surface area contributed by atoms with Gasteiger partial charge in [0.15, 0.2) is 0 Å². The minimum absolute atomic E-state index is 0.346. The lowest BCUT2D eigenvalue weighted by Crippen LogP contribution is -2.67. The highest BCUT2D eigenvalue weighted by Crippen LogP contribution is 2.35. The Bertz CT molecular complexity index is 266. The van der Waals surface area contributed by atoms with E-state index >= 15 is 0 Å². The molecule has 19 heavy (non-hydrogen) atoms. The van der Waals surface area contributed by atoms with E-state index in [4.69, 9.17) is 0 Å². The van der Waals surface area contributed by atoms with Gasteiger partial charge in [0.05, 0.1) is 0 Å². The molecule has 1 aliphatic carbocycles. The van der Waals surface area contributed by atoms with Gasteiger partial charge in [0.2, 0.25) is 0 Å². The van der Waals surface area contributed by atoms with Gasteiger partial charge in [-0.2, -0.15) is 0 Å². The lowest BCUT2D eigenvalue weighted by molar-refractivity contribution is 0.0270. The molecule has 0 amide bonds. The SMILES string of the molecule is CCCCCCCN1CC2(CCCC2)NCC1(C)C. The molecule has 2 fully saturated rings. The predicted molar refractivity (Wildman–Crippen MR) is 83.6 cm³/mol. The summed E-state index contributed by atoms with van der Waals surface area (Å²) in [5, 5.41) is 3.88. The molecule has 1 aliphatic heterocycles. The molecule has 0 aromatic carbocycles. The fraction of sp³-hybridized carbons (Fsp3) is 1.00. The second kappa shape index (κ2) is 6.58. The molecule has 112 valence electrons. The van der Waals surface area contributed by atoms with E-state index in [1.54, 1.807) is 0 Å². The van der Waals surface area contributed by atoms with Gasteiger partial charge >= 0.3 is 0 Å². The zero-order valence-electron chi connectivity index (χ0n) is 13.4. The van der Waals surface area contributed by atoms with Gasteiger partial charge in [-0.05, 0) is 39.7 Å². The minimum Gasteiger partial charge on any atom is -0.308 e. The normalized spacial score (nSPS) is 26.1. The van der Waals surface area contributed by atoms with Crippen LogP contribution in [-0.2, 0) is 0 Å². The number of hydrogen-bond acceptors (Lipinski definition) is 2. The number of hydrogen-bond donors (Lipinski definition) is 1. The zero-order chi connectivity index (χ0) is 13.8. The van der Waals surface area contributed by atoms with E-state index in [1.165, 1.54) is 77.4 Å². The highest BCUT2D eigenvalue weighted by Gasteiger charge is 2.43. The minimum atomic E-state index is 0.346. The highest BCUT2D eigenvalue weighted by atomic mass is 15.3. The summed E-state index contributed by atoms with van der Waals surface area (Å²) in [7, 11) is 0. The summed E-state index contributed by atoms with van der Waals surface area (Å²) in [5.74, 6) is 0. The van der Waals surface area contributed by atoms with Gasteiger partial charge in [-0.3, -0.25) is 4.90 Å². The standard InChI is InChI=1S/C17H34N2/c1-4-5-6-7-10-13-19-15-17(11-8-9-12-17)18-14-16(19,2)3/h18H,4-15H2,1-3H3. The maximum absolute atomic E-state index is 3.88. The molecule has 1 saturated carbocycles. The van der Waals surface area contributed by atoms with E-state index in [1.807, 2.05) is 0 Å². The fourth-order valence-corrected chi connectivity index (χ4v) is 3.83. The first-order valence-electron chi connectivity index (χ1n) is 8.58. The van der Waals surface area contributed by atoms with Gasteiger partial charge in [0.25, 0.3) is 0 Å². The number of nitrogens with one attached hydrogen (secondary N) is 1. The lowest BCUT2D eigenvalue weighted by atomic mass is 9.87. The molecule has 1 saturated heterocycles. The van der Waals surface area contributed by atoms with Gasteiger partial charge in [0.1, 0.15) is 0 Å². The summed E-state index contributed by atoms with van der Waals surface area (Å²) in [5.41, 5.74) is 0.817. The summed E-state index contributed by atoms with van der Waals surface area (Å²) in [6.07, 6.45) is 12.6. The van der Waals surface area contributed by atoms with Gasteiger partial charge < -0.3 is 5.32 Å². The number of rotatable bonds is 6. The van der Waals surface area contributed by atoms with Gasteiger partial charge in [-0.15, -0.1) is 0 Å². The third-order valence-corrected chi connectivity index (χ3v) is 5.34. The molecule has 0 atom stereocenters. The van der Waals surface area contributed by atoms with Crippen LogP contribution in [0.2, 0.25) is 0 Å². The van der Waals surface area contributed by atoms with Crippen LogP contribution in [0.25, 0.3) is 0 Å². The third-order valence-electron chi connectivity index (χ3n) is 5.34. The van der Waals surface area contributed by atoms with E-state index in [0.717, 1.165) is 0 Å². The van der Waals surface area contributed by atoms with E-state index < -0.39 is 0 Å². The van der Waals surface area contributed by atoms with Crippen LogP contribution < -0.4 is 5.32 Å². The summed E-state index contributed by atoms with van der Waals surface area (Å²) in [4.78, 5) is 2.78. The summed E-state index contributed by atoms with van der Waals surface area (Å²) in [6, 6.07) is 0. The number of unbranched alkanes of at least 4 members (excludes halogenated alkanes) is 4. The Labute approximate surface area is 120 Å². The smallest absolute Gasteiger partial charge is 0.0309 e. The van der Waals surface area contributed by atoms with Crippen molar-refractivity contribution in [3.63, 3.8) is 0 Å². The van der Waals surface area contributed by atoms with Crippen molar-refractivity contribution in [1.29, 1.82) is 0 Å². The van der Waals surface area contributed by atoms with Crippen molar-refractivity contribution in [3.05, 3.63) is 0 Å². The van der Waals surface area contributed by atoms with Crippen LogP contribution in [0.4, 0.5) is 0 Å². The maximum atomic E-state index is 3.88. The van der Waals surface area contributed by atoms with Gasteiger partial charge in [-0.1, -0.05) is 45.4 Å². The second-order valence-electron chi connectivity index (χ2n) is 7.49. The molecule has 1 N–H and O–H groups in total. The first-order valence-corrected chi connectivity index (χ1v) is 8.58. The van der Waals surface area contributed by atoms with Crippen LogP contribution in [0.5, 0.6) is 0 Å². The van der Waals surface area contributed by atoms with Crippen molar-refractivity contribution >= 4 is 0 Å². The summed E-state index contributed by atoms with van der Waals surface area (Å²) in [6.45, 7) is 10.9. The average Bonchev–Trinajstić information content (AvgIpc) is 2.83. The van der Waals surface area contributed by atoms with Gasteiger partial charge in [0, 0.05) is 24.2 Å². The maximum Gasteiger partial charge on any atom is 0.0309 e. The van der Waals surface area contributed by atoms with Crippen LogP contribution in [0.3, 0.4) is 0 Å². The topological polar surface area (TPSA) is 15.3 Å². The van der Waals surface area contributed by atoms with Gasteiger partial charge in [-0.25, -0.2) is 0 Å². The Morgan fingerprint density at radius 2 is 1.68 bits per heavy atom. The second-order valence-corrected chi connectivity index (χ2v) is 7.49. The van der Waals surface area contributed by atoms with Crippen LogP contribution in [-0.4, -0.2) is 35.6 Å². The van der Waals surface area contributed by atoms with E-state index in [9.17, 15) is 0 Å². The molecular weight excluding hydrogens is 232 g/mol. The molecule has 1 spiro atoms. The fourth-order valence-electron chi connectivity index (χ4n) is 3.83. The van der Waals surface area contributed by atoms with Crippen molar-refractivity contribution in [2.45, 2.75) is 89.6 Å². The van der Waals surface area contributed by atoms with E-state index in [-0.39, 0.29) is 0 Å². The Hall–Kier alpha value is -0.0800. The predicted octanol–water partition coefficient (Wildman–Crippen LogP) is 3.95. The highest BCUT2D eigenvalue weighted by molar-refractivity contribution is 5.03. The quantitative estimate of drug-likeness (QED) is 0.732. The zero-order valence-corrected chi connectivity index (χ0v) is 13.4. The molecule has 0 bridgehead atoms. The molecule has 0 aromatic heterocycles. The van der Waals surface area contributed by atoms with E-state index in [2.05, 4.69) is 31.0 Å². The van der Waals surface area contributed by atoms with E-state index in [0.29, 0.717) is 11.1 Å². The van der Waals surface area contributed by atoms with Crippen LogP contribution in [0.1, 0.15) is 78.6 Å². The largest absolute Gasteiger partial charge is 0.308 e. The molecule has 2 heteroatoms. The van der Waals surface area contributed by atoms with Crippen molar-refractivity contribution < 1.29 is 0 Å². The molecule has 0 unspecified atom stereocenters. The first kappa shape index (κ1) is 15.3. The van der Waals surface area contributed by atoms with Crippen molar-refractivity contribution in [1.82, 2.24) is 10.2 Å². The Balaban J connectivity index is 1.81. The first-order chi connectivity index (χ1) is 9.08. The molecule has 0 radical (unpaired) electrons. The summed E-state index contributed by atoms with van der Waals surface area (Å²) >= 11 is 0. The molecule has 2 aliphatic rings. The Morgan fingerprint density at radius 1 is 1.00 bits per heavy atom. The van der Waals surface area contributed by atoms with Crippen molar-refractivity contribution in [2.75, 3.05) is 19.6 Å². The third kappa shape index (κ3) is 3.95. The van der Waals surface area contributed by atoms with Crippen molar-refractivity contribution in [3.8, 4) is 0 Å². The average molecular weight is 266 g/mol. The molecular formula is C17H34N2. The number of piperazine rings is 1. The van der Waals surface area contributed by atoms with Crippen molar-refractivity contribution in [2.24, 2.45) is 0 Å². The van der Waals surface area contributed by atoms with Crippen LogP contribution in [0, 0.1) is 0 Å². The molecule has 1 heterocycles.